The van der Waals surface area contributed by atoms with E-state index in [-0.39, 0.29) is 0 Å². The van der Waals surface area contributed by atoms with Crippen molar-refractivity contribution in [1.29, 1.82) is 0 Å². The lowest BCUT2D eigenvalue weighted by Crippen LogP contribution is -2.03. The quantitative estimate of drug-likeness (QED) is 0.697. The summed E-state index contributed by atoms with van der Waals surface area (Å²) in [7, 11) is 0. The third kappa shape index (κ3) is 3.66. The maximum atomic E-state index is 10.2. The van der Waals surface area contributed by atoms with Gasteiger partial charge in [-0.25, -0.2) is 0 Å². The minimum Gasteiger partial charge on any atom is -0.388 e. The molecule has 0 saturated carbocycles. The summed E-state index contributed by atoms with van der Waals surface area (Å²) >= 11 is 4.55. The lowest BCUT2D eigenvalue weighted by atomic mass is 10.0. The Morgan fingerprint density at radius 3 is 2.24 bits per heavy atom. The van der Waals surface area contributed by atoms with Crippen LogP contribution < -0.4 is 0 Å². The van der Waals surface area contributed by atoms with E-state index >= 15 is 0 Å². The molecular formula is C14H12I2O. The van der Waals surface area contributed by atoms with Crippen molar-refractivity contribution in [3.63, 3.8) is 0 Å². The molecule has 0 aliphatic heterocycles. The van der Waals surface area contributed by atoms with Gasteiger partial charge in [-0.3, -0.25) is 0 Å². The fourth-order valence-electron chi connectivity index (χ4n) is 1.70. The van der Waals surface area contributed by atoms with E-state index in [1.54, 1.807) is 0 Å². The lowest BCUT2D eigenvalue weighted by molar-refractivity contribution is 0.177. The Balaban J connectivity index is 2.14. The molecule has 0 amide bonds. The van der Waals surface area contributed by atoms with E-state index in [2.05, 4.69) is 69.4 Å². The van der Waals surface area contributed by atoms with Gasteiger partial charge in [-0.2, -0.15) is 0 Å². The Hall–Kier alpha value is -0.140. The van der Waals surface area contributed by atoms with Crippen LogP contribution in [0.25, 0.3) is 0 Å². The van der Waals surface area contributed by atoms with Crippen LogP contribution in [0.15, 0.2) is 48.5 Å². The highest BCUT2D eigenvalue weighted by Crippen LogP contribution is 2.23. The molecule has 1 N–H and O–H groups in total. The number of aliphatic hydroxyl groups excluding tert-OH is 1. The van der Waals surface area contributed by atoms with Crippen molar-refractivity contribution in [2.24, 2.45) is 0 Å². The zero-order valence-corrected chi connectivity index (χ0v) is 13.4. The van der Waals surface area contributed by atoms with Gasteiger partial charge in [0.2, 0.25) is 0 Å². The van der Waals surface area contributed by atoms with E-state index in [9.17, 15) is 5.11 Å². The Bertz CT molecular complexity index is 494. The van der Waals surface area contributed by atoms with Crippen molar-refractivity contribution in [3.05, 3.63) is 66.8 Å². The summed E-state index contributed by atoms with van der Waals surface area (Å²) in [5.74, 6) is 0. The summed E-state index contributed by atoms with van der Waals surface area (Å²) in [5, 5.41) is 10.2. The Labute approximate surface area is 129 Å². The van der Waals surface area contributed by atoms with E-state index in [1.165, 1.54) is 3.57 Å². The predicted octanol–water partition coefficient (Wildman–Crippen LogP) is 4.17. The van der Waals surface area contributed by atoms with Gasteiger partial charge < -0.3 is 5.11 Å². The zero-order chi connectivity index (χ0) is 12.3. The molecule has 3 heteroatoms. The Morgan fingerprint density at radius 2 is 1.59 bits per heavy atom. The second-order valence-electron chi connectivity index (χ2n) is 3.87. The van der Waals surface area contributed by atoms with Gasteiger partial charge in [0.1, 0.15) is 0 Å². The molecule has 0 aromatic heterocycles. The van der Waals surface area contributed by atoms with Crippen LogP contribution in [0.2, 0.25) is 0 Å². The van der Waals surface area contributed by atoms with Crippen LogP contribution in [0.3, 0.4) is 0 Å². The van der Waals surface area contributed by atoms with E-state index < -0.39 is 6.10 Å². The first-order valence-electron chi connectivity index (χ1n) is 5.34. The van der Waals surface area contributed by atoms with Gasteiger partial charge in [0.15, 0.2) is 0 Å². The fourth-order valence-corrected chi connectivity index (χ4v) is 2.81. The molecular weight excluding hydrogens is 438 g/mol. The third-order valence-corrected chi connectivity index (χ3v) is 4.31. The van der Waals surface area contributed by atoms with E-state index in [0.717, 1.165) is 14.7 Å². The SMILES string of the molecule is OC(Cc1ccc(I)cc1)c1ccccc1I. The van der Waals surface area contributed by atoms with E-state index in [1.807, 2.05) is 24.3 Å². The lowest BCUT2D eigenvalue weighted by Gasteiger charge is -2.12. The molecule has 88 valence electrons. The molecule has 17 heavy (non-hydrogen) atoms. The van der Waals surface area contributed by atoms with Gasteiger partial charge in [0.25, 0.3) is 0 Å². The van der Waals surface area contributed by atoms with E-state index in [0.29, 0.717) is 6.42 Å². The molecule has 2 aromatic carbocycles. The molecule has 1 unspecified atom stereocenters. The topological polar surface area (TPSA) is 20.2 Å². The number of hydrogen-bond donors (Lipinski definition) is 1. The van der Waals surface area contributed by atoms with Crippen molar-refractivity contribution in [1.82, 2.24) is 0 Å². The number of halogens is 2. The van der Waals surface area contributed by atoms with Crippen molar-refractivity contribution in [2.45, 2.75) is 12.5 Å². The van der Waals surface area contributed by atoms with Crippen LogP contribution in [0, 0.1) is 7.14 Å². The maximum absolute atomic E-state index is 10.2. The molecule has 2 rings (SSSR count). The molecule has 0 fully saturated rings. The smallest absolute Gasteiger partial charge is 0.0840 e. The third-order valence-electron chi connectivity index (χ3n) is 2.61. The molecule has 0 aliphatic rings. The second-order valence-corrected chi connectivity index (χ2v) is 6.28. The fraction of sp³-hybridized carbons (Fsp3) is 0.143. The van der Waals surface area contributed by atoms with Crippen LogP contribution in [-0.4, -0.2) is 5.11 Å². The number of rotatable bonds is 3. The maximum Gasteiger partial charge on any atom is 0.0840 e. The highest BCUT2D eigenvalue weighted by atomic mass is 127. The predicted molar refractivity (Wildman–Crippen MR) is 87.0 cm³/mol. The van der Waals surface area contributed by atoms with Crippen LogP contribution in [-0.2, 0) is 6.42 Å². The number of aliphatic hydroxyl groups is 1. The number of hydrogen-bond acceptors (Lipinski definition) is 1. The average molecular weight is 450 g/mol. The Morgan fingerprint density at radius 1 is 0.941 bits per heavy atom. The van der Waals surface area contributed by atoms with Crippen LogP contribution in [0.5, 0.6) is 0 Å². The van der Waals surface area contributed by atoms with Gasteiger partial charge in [-0.1, -0.05) is 30.3 Å². The zero-order valence-electron chi connectivity index (χ0n) is 9.11. The second kappa shape index (κ2) is 6.15. The standard InChI is InChI=1S/C14H12I2O/c15-11-7-5-10(6-8-11)9-14(17)12-3-1-2-4-13(12)16/h1-8,14,17H,9H2. The Kier molecular flexibility index (Phi) is 4.81. The first-order valence-corrected chi connectivity index (χ1v) is 7.49. The van der Waals surface area contributed by atoms with Gasteiger partial charge in [0, 0.05) is 13.6 Å². The van der Waals surface area contributed by atoms with Gasteiger partial charge in [-0.05, 0) is 74.5 Å². The largest absolute Gasteiger partial charge is 0.388 e. The summed E-state index contributed by atoms with van der Waals surface area (Å²) in [6.07, 6.45) is 0.236. The molecule has 0 radical (unpaired) electrons. The molecule has 0 spiro atoms. The summed E-state index contributed by atoms with van der Waals surface area (Å²) in [6, 6.07) is 16.2. The van der Waals surface area contributed by atoms with Crippen molar-refractivity contribution < 1.29 is 5.11 Å². The van der Waals surface area contributed by atoms with E-state index in [4.69, 9.17) is 0 Å². The van der Waals surface area contributed by atoms with Crippen molar-refractivity contribution in [2.75, 3.05) is 0 Å². The van der Waals surface area contributed by atoms with Crippen LogP contribution in [0.1, 0.15) is 17.2 Å². The van der Waals surface area contributed by atoms with Gasteiger partial charge in [-0.15, -0.1) is 0 Å². The highest BCUT2D eigenvalue weighted by Gasteiger charge is 2.11. The molecule has 0 saturated heterocycles. The highest BCUT2D eigenvalue weighted by molar-refractivity contribution is 14.1. The number of benzene rings is 2. The first-order chi connectivity index (χ1) is 8.16. The minimum atomic E-state index is -0.428. The van der Waals surface area contributed by atoms with Crippen molar-refractivity contribution in [3.8, 4) is 0 Å². The van der Waals surface area contributed by atoms with Crippen molar-refractivity contribution >= 4 is 45.2 Å². The summed E-state index contributed by atoms with van der Waals surface area (Å²) in [5.41, 5.74) is 2.17. The summed E-state index contributed by atoms with van der Waals surface area (Å²) < 4.78 is 2.33. The molecule has 0 heterocycles. The molecule has 1 atom stereocenters. The minimum absolute atomic E-state index is 0.428. The van der Waals surface area contributed by atoms with Gasteiger partial charge >= 0.3 is 0 Å². The average Bonchev–Trinajstić information content (AvgIpc) is 2.32. The van der Waals surface area contributed by atoms with Gasteiger partial charge in [0.05, 0.1) is 6.10 Å². The molecule has 0 bridgehead atoms. The monoisotopic (exact) mass is 450 g/mol. The summed E-state index contributed by atoms with van der Waals surface area (Å²) in [6.45, 7) is 0. The molecule has 2 aromatic rings. The molecule has 0 aliphatic carbocycles. The van der Waals surface area contributed by atoms with Crippen LogP contribution >= 0.6 is 45.2 Å². The normalized spacial score (nSPS) is 12.4. The van der Waals surface area contributed by atoms with Crippen LogP contribution in [0.4, 0.5) is 0 Å². The molecule has 1 nitrogen and oxygen atoms in total. The first kappa shape index (κ1) is 13.3. The summed E-state index contributed by atoms with van der Waals surface area (Å²) in [4.78, 5) is 0.